The molecule has 6 heteroatoms. The number of ether oxygens (including phenoxy) is 2. The first-order valence-electron chi connectivity index (χ1n) is 13.4. The lowest BCUT2D eigenvalue weighted by molar-refractivity contribution is -0.107. The molecule has 0 spiro atoms. The number of hydrogen-bond acceptors (Lipinski definition) is 5. The van der Waals surface area contributed by atoms with E-state index < -0.39 is 0 Å². The van der Waals surface area contributed by atoms with Crippen LogP contribution in [0.3, 0.4) is 0 Å². The highest BCUT2D eigenvalue weighted by Crippen LogP contribution is 2.34. The minimum atomic E-state index is 0.202. The van der Waals surface area contributed by atoms with Crippen LogP contribution in [-0.4, -0.2) is 44.9 Å². The molecule has 0 unspecified atom stereocenters. The third-order valence-corrected chi connectivity index (χ3v) is 7.85. The number of benzene rings is 1. The number of hydrogen-bond donors (Lipinski definition) is 1. The van der Waals surface area contributed by atoms with Crippen LogP contribution < -0.4 is 10.1 Å². The van der Waals surface area contributed by atoms with Crippen molar-refractivity contribution in [3.63, 3.8) is 0 Å². The van der Waals surface area contributed by atoms with E-state index in [0.29, 0.717) is 30.2 Å². The summed E-state index contributed by atoms with van der Waals surface area (Å²) in [7, 11) is 2.11. The molecule has 3 heterocycles. The second-order valence-electron chi connectivity index (χ2n) is 10.8. The molecule has 3 aromatic heterocycles. The molecule has 6 nitrogen and oxygen atoms in total. The zero-order valence-electron chi connectivity index (χ0n) is 21.5. The lowest BCUT2D eigenvalue weighted by Crippen LogP contribution is -2.44. The van der Waals surface area contributed by atoms with Gasteiger partial charge in [0.1, 0.15) is 6.10 Å². The Bertz CT molecular complexity index is 1330. The average Bonchev–Trinajstić information content (AvgIpc) is 3.15. The van der Waals surface area contributed by atoms with Gasteiger partial charge in [-0.25, -0.2) is 4.98 Å². The Labute approximate surface area is 213 Å². The molecule has 188 valence electrons. The highest BCUT2D eigenvalue weighted by Gasteiger charge is 2.35. The van der Waals surface area contributed by atoms with Crippen LogP contribution in [0, 0.1) is 0 Å². The maximum atomic E-state index is 6.36. The second kappa shape index (κ2) is 9.83. The molecule has 2 aliphatic carbocycles. The lowest BCUT2D eigenvalue weighted by Gasteiger charge is -2.39. The Morgan fingerprint density at radius 3 is 2.42 bits per heavy atom. The maximum absolute atomic E-state index is 6.36. The maximum Gasteiger partial charge on any atom is 0.213 e. The van der Waals surface area contributed by atoms with Crippen molar-refractivity contribution >= 4 is 21.8 Å². The normalized spacial score (nSPS) is 24.3. The quantitative estimate of drug-likeness (QED) is 0.347. The van der Waals surface area contributed by atoms with Gasteiger partial charge in [-0.1, -0.05) is 26.0 Å². The highest BCUT2D eigenvalue weighted by molar-refractivity contribution is 6.08. The fourth-order valence-electron chi connectivity index (χ4n) is 5.86. The van der Waals surface area contributed by atoms with Crippen molar-refractivity contribution in [2.45, 2.75) is 82.8 Å². The molecule has 0 atom stereocenters. The van der Waals surface area contributed by atoms with Gasteiger partial charge in [0.25, 0.3) is 0 Å². The van der Waals surface area contributed by atoms with Crippen molar-refractivity contribution in [2.24, 2.45) is 7.05 Å². The standard InChI is InChI=1S/C30H36N4O2/c1-19(2)33-22-6-8-23(9-7-22)35-24-15-25(16-24)36-30-11-5-21(17-32-30)20-4-10-26-27-18-31-13-12-28(27)34(3)29(26)14-20/h4-5,10-14,17-19,22-25,33H,6-9,15-16H2,1-3H3/t22-,23-,24-,25-. The second-order valence-corrected chi connectivity index (χ2v) is 10.8. The fraction of sp³-hybridized carbons (Fsp3) is 0.467. The van der Waals surface area contributed by atoms with Crippen LogP contribution >= 0.6 is 0 Å². The van der Waals surface area contributed by atoms with Gasteiger partial charge >= 0.3 is 0 Å². The minimum absolute atomic E-state index is 0.202. The molecule has 36 heavy (non-hydrogen) atoms. The average molecular weight is 485 g/mol. The van der Waals surface area contributed by atoms with E-state index in [-0.39, 0.29) is 6.10 Å². The number of aromatic nitrogens is 3. The van der Waals surface area contributed by atoms with Crippen molar-refractivity contribution in [3.8, 4) is 17.0 Å². The van der Waals surface area contributed by atoms with Crippen LogP contribution in [0.4, 0.5) is 0 Å². The molecule has 0 aliphatic heterocycles. The molecule has 0 amide bonds. The molecule has 0 radical (unpaired) electrons. The molecule has 6 rings (SSSR count). The van der Waals surface area contributed by atoms with E-state index in [2.05, 4.69) is 71.1 Å². The van der Waals surface area contributed by atoms with E-state index in [1.165, 1.54) is 34.6 Å². The van der Waals surface area contributed by atoms with Crippen LogP contribution in [0.25, 0.3) is 32.9 Å². The van der Waals surface area contributed by atoms with Crippen LogP contribution in [0.5, 0.6) is 5.88 Å². The molecule has 1 aromatic carbocycles. The number of aryl methyl sites for hydroxylation is 1. The van der Waals surface area contributed by atoms with Gasteiger partial charge in [0, 0.05) is 78.5 Å². The van der Waals surface area contributed by atoms with Gasteiger partial charge in [0.2, 0.25) is 5.88 Å². The lowest BCUT2D eigenvalue weighted by atomic mass is 9.89. The van der Waals surface area contributed by atoms with Gasteiger partial charge in [-0.15, -0.1) is 0 Å². The van der Waals surface area contributed by atoms with Crippen molar-refractivity contribution in [3.05, 3.63) is 55.0 Å². The van der Waals surface area contributed by atoms with Crippen LogP contribution in [0.1, 0.15) is 52.4 Å². The van der Waals surface area contributed by atoms with Crippen molar-refractivity contribution < 1.29 is 9.47 Å². The first kappa shape index (κ1) is 23.4. The third kappa shape index (κ3) is 4.72. The van der Waals surface area contributed by atoms with Crippen LogP contribution in [-0.2, 0) is 11.8 Å². The predicted molar refractivity (Wildman–Crippen MR) is 144 cm³/mol. The summed E-state index contributed by atoms with van der Waals surface area (Å²) in [5, 5.41) is 6.07. The first-order chi connectivity index (χ1) is 17.5. The number of fused-ring (bicyclic) bond motifs is 3. The van der Waals surface area contributed by atoms with E-state index >= 15 is 0 Å². The molecule has 0 bridgehead atoms. The molecular formula is C30H36N4O2. The Balaban J connectivity index is 1.03. The van der Waals surface area contributed by atoms with E-state index in [0.717, 1.165) is 36.8 Å². The van der Waals surface area contributed by atoms with E-state index in [9.17, 15) is 0 Å². The first-order valence-corrected chi connectivity index (χ1v) is 13.4. The fourth-order valence-corrected chi connectivity index (χ4v) is 5.86. The summed E-state index contributed by atoms with van der Waals surface area (Å²) in [6.07, 6.45) is 13.3. The topological polar surface area (TPSA) is 61.2 Å². The molecule has 2 fully saturated rings. The van der Waals surface area contributed by atoms with Crippen molar-refractivity contribution in [1.82, 2.24) is 19.9 Å². The Morgan fingerprint density at radius 1 is 0.861 bits per heavy atom. The molecular weight excluding hydrogens is 448 g/mol. The summed E-state index contributed by atoms with van der Waals surface area (Å²) < 4.78 is 14.7. The van der Waals surface area contributed by atoms with Crippen molar-refractivity contribution in [1.29, 1.82) is 0 Å². The van der Waals surface area contributed by atoms with Gasteiger partial charge in [0.05, 0.1) is 17.7 Å². The smallest absolute Gasteiger partial charge is 0.213 e. The third-order valence-electron chi connectivity index (χ3n) is 7.85. The molecule has 0 saturated heterocycles. The Morgan fingerprint density at radius 2 is 1.67 bits per heavy atom. The molecule has 1 N–H and O–H groups in total. The van der Waals surface area contributed by atoms with Gasteiger partial charge in [-0.2, -0.15) is 0 Å². The molecule has 4 aromatic rings. The largest absolute Gasteiger partial charge is 0.474 e. The molecule has 2 aliphatic rings. The summed E-state index contributed by atoms with van der Waals surface area (Å²) >= 11 is 0. The van der Waals surface area contributed by atoms with E-state index in [1.54, 1.807) is 0 Å². The van der Waals surface area contributed by atoms with Gasteiger partial charge in [-0.3, -0.25) is 4.98 Å². The number of rotatable bonds is 7. The Kier molecular flexibility index (Phi) is 6.40. The number of nitrogens with zero attached hydrogens (tertiary/aromatic N) is 3. The number of pyridine rings is 2. The Hall–Kier alpha value is -2.96. The van der Waals surface area contributed by atoms with Gasteiger partial charge in [-0.05, 0) is 49.4 Å². The van der Waals surface area contributed by atoms with Crippen LogP contribution in [0.15, 0.2) is 55.0 Å². The van der Waals surface area contributed by atoms with Gasteiger partial charge < -0.3 is 19.4 Å². The predicted octanol–water partition coefficient (Wildman–Crippen LogP) is 6.02. The van der Waals surface area contributed by atoms with E-state index in [4.69, 9.17) is 9.47 Å². The summed E-state index contributed by atoms with van der Waals surface area (Å²) in [5.41, 5.74) is 4.62. The summed E-state index contributed by atoms with van der Waals surface area (Å²) in [6, 6.07) is 13.9. The summed E-state index contributed by atoms with van der Waals surface area (Å²) in [6.45, 7) is 4.45. The van der Waals surface area contributed by atoms with E-state index in [1.807, 2.05) is 24.7 Å². The summed E-state index contributed by atoms with van der Waals surface area (Å²) in [5.74, 6) is 0.694. The van der Waals surface area contributed by atoms with Crippen molar-refractivity contribution in [2.75, 3.05) is 0 Å². The van der Waals surface area contributed by atoms with Crippen LogP contribution in [0.2, 0.25) is 0 Å². The zero-order valence-corrected chi connectivity index (χ0v) is 21.5. The monoisotopic (exact) mass is 484 g/mol. The SMILES string of the molecule is CC(C)N[C@H]1CC[C@H](O[C@H]2C[C@H](Oc3ccc(-c4ccc5c6cnccc6n(C)c5c4)cn3)C2)CC1. The summed E-state index contributed by atoms with van der Waals surface area (Å²) in [4.78, 5) is 8.91. The molecule has 2 saturated carbocycles. The highest BCUT2D eigenvalue weighted by atomic mass is 16.5. The zero-order chi connectivity index (χ0) is 24.6. The van der Waals surface area contributed by atoms with Gasteiger partial charge in [0.15, 0.2) is 0 Å². The number of nitrogens with one attached hydrogen (secondary N) is 1. The minimum Gasteiger partial charge on any atom is -0.474 e.